The Bertz CT molecular complexity index is 374. The topological polar surface area (TPSA) is 32.3 Å². The molecule has 17 heavy (non-hydrogen) atoms. The molecular weight excluding hydrogens is 280 g/mol. The van der Waals surface area contributed by atoms with E-state index in [0.717, 1.165) is 11.4 Å². The third-order valence-corrected chi connectivity index (χ3v) is 3.96. The second-order valence-corrected chi connectivity index (χ2v) is 5.56. The Hall–Kier alpha value is -1.03. The van der Waals surface area contributed by atoms with Crippen molar-refractivity contribution in [3.63, 3.8) is 0 Å². The predicted octanol–water partition coefficient (Wildman–Crippen LogP) is 3.11. The summed E-state index contributed by atoms with van der Waals surface area (Å²) in [5.41, 5.74) is 1.94. The fourth-order valence-corrected chi connectivity index (χ4v) is 1.47. The zero-order valence-corrected chi connectivity index (χ0v) is 12.3. The highest BCUT2D eigenvalue weighted by Gasteiger charge is 2.18. The monoisotopic (exact) mass is 298 g/mol. The summed E-state index contributed by atoms with van der Waals surface area (Å²) in [6.45, 7) is 4.02. The summed E-state index contributed by atoms with van der Waals surface area (Å²) in [6.07, 6.45) is 0. The summed E-state index contributed by atoms with van der Waals surface area (Å²) < 4.78 is 0. The van der Waals surface area contributed by atoms with Crippen LogP contribution in [-0.2, 0) is 4.79 Å². The van der Waals surface area contributed by atoms with Gasteiger partial charge in [0.05, 0.1) is 4.83 Å². The van der Waals surface area contributed by atoms with Gasteiger partial charge in [0.2, 0.25) is 5.91 Å². The summed E-state index contributed by atoms with van der Waals surface area (Å²) in [5.74, 6) is 0.272. The van der Waals surface area contributed by atoms with Crippen LogP contribution in [0, 0.1) is 5.92 Å². The summed E-state index contributed by atoms with van der Waals surface area (Å²) >= 11 is 3.38. The molecule has 0 radical (unpaired) electrons. The number of amides is 1. The Morgan fingerprint density at radius 1 is 1.24 bits per heavy atom. The molecule has 0 fully saturated rings. The zero-order valence-electron chi connectivity index (χ0n) is 10.7. The van der Waals surface area contributed by atoms with Gasteiger partial charge in [0.1, 0.15) is 0 Å². The van der Waals surface area contributed by atoms with Gasteiger partial charge in [-0.2, -0.15) is 0 Å². The van der Waals surface area contributed by atoms with Gasteiger partial charge in [-0.1, -0.05) is 29.8 Å². The molecule has 1 rings (SSSR count). The molecule has 0 saturated carbocycles. The second kappa shape index (κ2) is 6.05. The van der Waals surface area contributed by atoms with Crippen LogP contribution >= 0.6 is 15.9 Å². The van der Waals surface area contributed by atoms with Crippen molar-refractivity contribution in [1.82, 2.24) is 0 Å². The number of hydrogen-bond donors (Lipinski definition) is 1. The first-order valence-corrected chi connectivity index (χ1v) is 6.55. The lowest BCUT2D eigenvalue weighted by atomic mass is 10.1. The number of carbonyl (C=O) groups excluding carboxylic acids is 1. The van der Waals surface area contributed by atoms with Crippen molar-refractivity contribution < 1.29 is 4.79 Å². The maximum absolute atomic E-state index is 11.8. The minimum Gasteiger partial charge on any atom is -0.378 e. The van der Waals surface area contributed by atoms with Crippen LogP contribution in [0.3, 0.4) is 0 Å². The van der Waals surface area contributed by atoms with E-state index in [4.69, 9.17) is 0 Å². The molecule has 0 aliphatic rings. The SMILES string of the molecule is CC(C)C(Br)C(=O)Nc1ccc(N(C)C)cc1. The predicted molar refractivity (Wildman–Crippen MR) is 77.0 cm³/mol. The van der Waals surface area contributed by atoms with E-state index in [1.165, 1.54) is 0 Å². The molecule has 1 N–H and O–H groups in total. The van der Waals surface area contributed by atoms with Gasteiger partial charge in [-0.3, -0.25) is 4.79 Å². The van der Waals surface area contributed by atoms with Gasteiger partial charge >= 0.3 is 0 Å². The Balaban J connectivity index is 2.66. The van der Waals surface area contributed by atoms with Crippen molar-refractivity contribution in [1.29, 1.82) is 0 Å². The van der Waals surface area contributed by atoms with Crippen LogP contribution < -0.4 is 10.2 Å². The van der Waals surface area contributed by atoms with Gasteiger partial charge in [0.15, 0.2) is 0 Å². The highest BCUT2D eigenvalue weighted by Crippen LogP contribution is 2.18. The van der Waals surface area contributed by atoms with E-state index in [1.807, 2.05) is 57.1 Å². The van der Waals surface area contributed by atoms with Gasteiger partial charge < -0.3 is 10.2 Å². The van der Waals surface area contributed by atoms with E-state index >= 15 is 0 Å². The quantitative estimate of drug-likeness (QED) is 0.866. The summed E-state index contributed by atoms with van der Waals surface area (Å²) in [6, 6.07) is 7.78. The standard InChI is InChI=1S/C13H19BrN2O/c1-9(2)12(14)13(17)15-10-5-7-11(8-6-10)16(3)4/h5-9,12H,1-4H3,(H,15,17). The van der Waals surface area contributed by atoms with Crippen molar-refractivity contribution in [2.24, 2.45) is 5.92 Å². The maximum atomic E-state index is 11.8. The molecule has 0 heterocycles. The summed E-state index contributed by atoms with van der Waals surface area (Å²) in [5, 5.41) is 2.88. The van der Waals surface area contributed by atoms with E-state index in [9.17, 15) is 4.79 Å². The number of rotatable bonds is 4. The van der Waals surface area contributed by atoms with Gasteiger partial charge in [0, 0.05) is 25.5 Å². The molecule has 1 amide bonds. The van der Waals surface area contributed by atoms with Gasteiger partial charge in [-0.05, 0) is 30.2 Å². The van der Waals surface area contributed by atoms with Crippen LogP contribution in [-0.4, -0.2) is 24.8 Å². The molecule has 1 aromatic rings. The van der Waals surface area contributed by atoms with Crippen LogP contribution in [0.2, 0.25) is 0 Å². The summed E-state index contributed by atoms with van der Waals surface area (Å²) in [4.78, 5) is 13.7. The number of hydrogen-bond acceptors (Lipinski definition) is 2. The number of nitrogens with zero attached hydrogens (tertiary/aromatic N) is 1. The fourth-order valence-electron chi connectivity index (χ4n) is 1.36. The van der Waals surface area contributed by atoms with Crippen molar-refractivity contribution in [3.8, 4) is 0 Å². The van der Waals surface area contributed by atoms with Crippen LogP contribution in [0.5, 0.6) is 0 Å². The van der Waals surface area contributed by atoms with Gasteiger partial charge in [-0.15, -0.1) is 0 Å². The van der Waals surface area contributed by atoms with E-state index in [-0.39, 0.29) is 16.7 Å². The molecular formula is C13H19BrN2O. The minimum atomic E-state index is -0.156. The number of nitrogens with one attached hydrogen (secondary N) is 1. The highest BCUT2D eigenvalue weighted by molar-refractivity contribution is 9.10. The molecule has 0 spiro atoms. The first kappa shape index (κ1) is 14.0. The van der Waals surface area contributed by atoms with Crippen molar-refractivity contribution in [2.45, 2.75) is 18.7 Å². The Morgan fingerprint density at radius 2 is 1.76 bits per heavy atom. The molecule has 3 nitrogen and oxygen atoms in total. The number of alkyl halides is 1. The van der Waals surface area contributed by atoms with Crippen molar-refractivity contribution >= 4 is 33.2 Å². The van der Waals surface area contributed by atoms with Gasteiger partial charge in [0.25, 0.3) is 0 Å². The normalized spacial score (nSPS) is 12.4. The minimum absolute atomic E-state index is 0.00222. The fraction of sp³-hybridized carbons (Fsp3) is 0.462. The van der Waals surface area contributed by atoms with Crippen LogP contribution in [0.4, 0.5) is 11.4 Å². The highest BCUT2D eigenvalue weighted by atomic mass is 79.9. The van der Waals surface area contributed by atoms with E-state index in [0.29, 0.717) is 0 Å². The van der Waals surface area contributed by atoms with E-state index < -0.39 is 0 Å². The second-order valence-electron chi connectivity index (χ2n) is 4.58. The van der Waals surface area contributed by atoms with Gasteiger partial charge in [-0.25, -0.2) is 0 Å². The number of halogens is 1. The molecule has 0 aliphatic carbocycles. The maximum Gasteiger partial charge on any atom is 0.238 e. The first-order valence-electron chi connectivity index (χ1n) is 5.64. The zero-order chi connectivity index (χ0) is 13.0. The lowest BCUT2D eigenvalue weighted by Gasteiger charge is -2.15. The largest absolute Gasteiger partial charge is 0.378 e. The molecule has 1 atom stereocenters. The average Bonchev–Trinajstić information content (AvgIpc) is 2.28. The molecule has 0 aliphatic heterocycles. The van der Waals surface area contributed by atoms with Crippen molar-refractivity contribution in [2.75, 3.05) is 24.3 Å². The van der Waals surface area contributed by atoms with E-state index in [2.05, 4.69) is 21.2 Å². The number of benzene rings is 1. The lowest BCUT2D eigenvalue weighted by molar-refractivity contribution is -0.116. The van der Waals surface area contributed by atoms with Crippen LogP contribution in [0.1, 0.15) is 13.8 Å². The Kier molecular flexibility index (Phi) is 5.00. The Morgan fingerprint density at radius 3 is 2.18 bits per heavy atom. The van der Waals surface area contributed by atoms with Crippen molar-refractivity contribution in [3.05, 3.63) is 24.3 Å². The third kappa shape index (κ3) is 4.04. The van der Waals surface area contributed by atoms with Crippen LogP contribution in [0.25, 0.3) is 0 Å². The number of carbonyl (C=O) groups is 1. The van der Waals surface area contributed by atoms with E-state index in [1.54, 1.807) is 0 Å². The third-order valence-electron chi connectivity index (χ3n) is 2.49. The smallest absolute Gasteiger partial charge is 0.238 e. The molecule has 1 aromatic carbocycles. The number of anilines is 2. The lowest BCUT2D eigenvalue weighted by Crippen LogP contribution is -2.26. The molecule has 0 saturated heterocycles. The molecule has 0 aromatic heterocycles. The molecule has 94 valence electrons. The van der Waals surface area contributed by atoms with Crippen LogP contribution in [0.15, 0.2) is 24.3 Å². The molecule has 1 unspecified atom stereocenters. The molecule has 4 heteroatoms. The molecule has 0 bridgehead atoms. The first-order chi connectivity index (χ1) is 7.91. The Labute approximate surface area is 111 Å². The summed E-state index contributed by atoms with van der Waals surface area (Å²) in [7, 11) is 3.97. The average molecular weight is 299 g/mol.